The van der Waals surface area contributed by atoms with Gasteiger partial charge in [-0.25, -0.2) is 21.6 Å². The molecule has 0 aliphatic carbocycles. The van der Waals surface area contributed by atoms with E-state index in [4.69, 9.17) is 4.74 Å². The Morgan fingerprint density at radius 2 is 1.33 bits per heavy atom. The van der Waals surface area contributed by atoms with Crippen molar-refractivity contribution < 1.29 is 26.4 Å². The Kier molecular flexibility index (Phi) is 8.25. The van der Waals surface area contributed by atoms with Crippen LogP contribution in [0.4, 0.5) is 5.69 Å². The second-order valence-electron chi connectivity index (χ2n) is 9.65. The quantitative estimate of drug-likeness (QED) is 0.215. The molecule has 5 aromatic rings. The van der Waals surface area contributed by atoms with Crippen LogP contribution in [-0.4, -0.2) is 31.5 Å². The first kappa shape index (κ1) is 29.2. The standard InChI is InChI=1S/C29H26N4O6S3/c1-19(2)20-8-13-24(14-9-20)42(37,38)33-29(34)28(21-10-17-26-27(18-21)31-40-30-26)39-23-11-15-25(16-12-23)41(35,36)32-22-6-4-3-5-7-22/h3-19,28,32H,1-2H3,(H,33,34). The molecule has 1 aromatic heterocycles. The third kappa shape index (κ3) is 6.59. The van der Waals surface area contributed by atoms with Crippen molar-refractivity contribution in [1.29, 1.82) is 0 Å². The molecule has 0 aliphatic rings. The van der Waals surface area contributed by atoms with Crippen LogP contribution in [0.1, 0.15) is 37.0 Å². The molecule has 4 aromatic carbocycles. The first-order valence-corrected chi connectivity index (χ1v) is 16.4. The molecule has 0 fully saturated rings. The van der Waals surface area contributed by atoms with Crippen LogP contribution in [-0.2, 0) is 24.8 Å². The maximum atomic E-state index is 13.5. The molecule has 5 rings (SSSR count). The summed E-state index contributed by atoms with van der Waals surface area (Å²) in [5.41, 5.74) is 2.82. The number of hydrogen-bond donors (Lipinski definition) is 2. The number of rotatable bonds is 10. The molecule has 0 spiro atoms. The van der Waals surface area contributed by atoms with Crippen molar-refractivity contribution in [2.75, 3.05) is 4.72 Å². The van der Waals surface area contributed by atoms with E-state index in [9.17, 15) is 21.6 Å². The molecular formula is C29H26N4O6S3. The molecule has 0 aliphatic heterocycles. The number of nitrogens with one attached hydrogen (secondary N) is 2. The molecule has 2 N–H and O–H groups in total. The van der Waals surface area contributed by atoms with E-state index in [1.807, 2.05) is 13.8 Å². The fraction of sp³-hybridized carbons (Fsp3) is 0.138. The summed E-state index contributed by atoms with van der Waals surface area (Å²) in [4.78, 5) is 13.4. The topological polar surface area (TPSA) is 144 Å². The lowest BCUT2D eigenvalue weighted by atomic mass is 10.0. The third-order valence-corrected chi connectivity index (χ3v) is 9.64. The molecule has 1 amide bonds. The molecule has 13 heteroatoms. The predicted molar refractivity (Wildman–Crippen MR) is 160 cm³/mol. The fourth-order valence-electron chi connectivity index (χ4n) is 4.07. The lowest BCUT2D eigenvalue weighted by Crippen LogP contribution is -2.36. The Balaban J connectivity index is 1.41. The Hall–Kier alpha value is -4.33. The van der Waals surface area contributed by atoms with Crippen LogP contribution in [0.5, 0.6) is 5.75 Å². The fourth-order valence-corrected chi connectivity index (χ4v) is 6.63. The molecule has 0 bridgehead atoms. The van der Waals surface area contributed by atoms with Gasteiger partial charge in [-0.1, -0.05) is 50.2 Å². The average Bonchev–Trinajstić information content (AvgIpc) is 3.44. The number of anilines is 1. The van der Waals surface area contributed by atoms with E-state index in [1.165, 1.54) is 36.4 Å². The van der Waals surface area contributed by atoms with E-state index >= 15 is 0 Å². The summed E-state index contributed by atoms with van der Waals surface area (Å²) >= 11 is 1.00. The van der Waals surface area contributed by atoms with Gasteiger partial charge in [0.1, 0.15) is 16.8 Å². The van der Waals surface area contributed by atoms with Crippen LogP contribution in [0.15, 0.2) is 107 Å². The van der Waals surface area contributed by atoms with Crippen molar-refractivity contribution in [3.63, 3.8) is 0 Å². The zero-order chi connectivity index (χ0) is 29.9. The highest BCUT2D eigenvalue weighted by Gasteiger charge is 2.29. The van der Waals surface area contributed by atoms with E-state index in [0.29, 0.717) is 22.3 Å². The second-order valence-corrected chi connectivity index (χ2v) is 13.5. The number of fused-ring (bicyclic) bond motifs is 1. The summed E-state index contributed by atoms with van der Waals surface area (Å²) in [7, 11) is -8.11. The number of sulfonamides is 2. The summed E-state index contributed by atoms with van der Waals surface area (Å²) < 4.78 is 70.8. The number of hydrogen-bond acceptors (Lipinski definition) is 9. The van der Waals surface area contributed by atoms with E-state index in [1.54, 1.807) is 60.7 Å². The van der Waals surface area contributed by atoms with Crippen molar-refractivity contribution in [2.45, 2.75) is 35.7 Å². The summed E-state index contributed by atoms with van der Waals surface area (Å²) in [6.45, 7) is 3.98. The summed E-state index contributed by atoms with van der Waals surface area (Å²) in [6.07, 6.45) is -1.41. The maximum absolute atomic E-state index is 13.5. The highest BCUT2D eigenvalue weighted by molar-refractivity contribution is 7.92. The minimum Gasteiger partial charge on any atom is -0.476 e. The van der Waals surface area contributed by atoms with Crippen LogP contribution < -0.4 is 14.2 Å². The summed E-state index contributed by atoms with van der Waals surface area (Å²) in [6, 6.07) is 25.0. The van der Waals surface area contributed by atoms with Crippen molar-refractivity contribution in [3.8, 4) is 5.75 Å². The van der Waals surface area contributed by atoms with Gasteiger partial charge in [0.15, 0.2) is 0 Å². The van der Waals surface area contributed by atoms with E-state index in [0.717, 1.165) is 17.3 Å². The van der Waals surface area contributed by atoms with Crippen LogP contribution in [0.2, 0.25) is 0 Å². The SMILES string of the molecule is CC(C)c1ccc(S(=O)(=O)NC(=O)C(Oc2ccc(S(=O)(=O)Nc3ccccc3)cc2)c2ccc3nsnc3c2)cc1. The molecule has 1 atom stereocenters. The summed E-state index contributed by atoms with van der Waals surface area (Å²) in [5, 5.41) is 0. The van der Waals surface area contributed by atoms with E-state index in [-0.39, 0.29) is 21.5 Å². The highest BCUT2D eigenvalue weighted by atomic mass is 32.2. The Bertz CT molecular complexity index is 1930. The van der Waals surface area contributed by atoms with Crippen LogP contribution in [0.3, 0.4) is 0 Å². The molecule has 42 heavy (non-hydrogen) atoms. The Labute approximate surface area is 247 Å². The molecule has 0 saturated heterocycles. The molecule has 216 valence electrons. The molecule has 1 heterocycles. The van der Waals surface area contributed by atoms with Gasteiger partial charge in [0.2, 0.25) is 6.10 Å². The van der Waals surface area contributed by atoms with Gasteiger partial charge in [-0.05, 0) is 72.1 Å². The van der Waals surface area contributed by atoms with Gasteiger partial charge in [-0.2, -0.15) is 8.75 Å². The van der Waals surface area contributed by atoms with Gasteiger partial charge >= 0.3 is 0 Å². The maximum Gasteiger partial charge on any atom is 0.279 e. The smallest absolute Gasteiger partial charge is 0.279 e. The van der Waals surface area contributed by atoms with E-state index < -0.39 is 32.1 Å². The Morgan fingerprint density at radius 1 is 0.738 bits per heavy atom. The number of amides is 1. The minimum absolute atomic E-state index is 0.0258. The van der Waals surface area contributed by atoms with E-state index in [2.05, 4.69) is 18.2 Å². The first-order chi connectivity index (χ1) is 20.0. The van der Waals surface area contributed by atoms with Crippen molar-refractivity contribution >= 4 is 54.4 Å². The molecule has 10 nitrogen and oxygen atoms in total. The zero-order valence-corrected chi connectivity index (χ0v) is 24.9. The predicted octanol–water partition coefficient (Wildman–Crippen LogP) is 5.24. The van der Waals surface area contributed by atoms with Gasteiger partial charge in [0, 0.05) is 11.3 Å². The number of nitrogens with zero attached hydrogens (tertiary/aromatic N) is 2. The van der Waals surface area contributed by atoms with Crippen molar-refractivity contribution in [2.24, 2.45) is 0 Å². The monoisotopic (exact) mass is 622 g/mol. The molecular weight excluding hydrogens is 597 g/mol. The summed E-state index contributed by atoms with van der Waals surface area (Å²) in [5.74, 6) is -0.586. The Morgan fingerprint density at radius 3 is 2.00 bits per heavy atom. The van der Waals surface area contributed by atoms with Gasteiger partial charge in [-0.3, -0.25) is 9.52 Å². The largest absolute Gasteiger partial charge is 0.476 e. The number of benzene rings is 4. The lowest BCUT2D eigenvalue weighted by Gasteiger charge is -2.20. The number of aromatic nitrogens is 2. The molecule has 1 unspecified atom stereocenters. The second kappa shape index (κ2) is 11.9. The number of ether oxygens (including phenoxy) is 1. The van der Waals surface area contributed by atoms with Gasteiger partial charge in [-0.15, -0.1) is 0 Å². The zero-order valence-electron chi connectivity index (χ0n) is 22.5. The van der Waals surface area contributed by atoms with Crippen LogP contribution in [0.25, 0.3) is 11.0 Å². The number of carbonyl (C=O) groups is 1. The number of carbonyl (C=O) groups excluding carboxylic acids is 1. The van der Waals surface area contributed by atoms with Gasteiger partial charge < -0.3 is 4.74 Å². The lowest BCUT2D eigenvalue weighted by molar-refractivity contribution is -0.126. The normalized spacial score (nSPS) is 12.6. The third-order valence-electron chi connectivity index (χ3n) is 6.32. The number of para-hydroxylation sites is 1. The van der Waals surface area contributed by atoms with Gasteiger partial charge in [0.25, 0.3) is 26.0 Å². The van der Waals surface area contributed by atoms with Crippen LogP contribution in [0, 0.1) is 0 Å². The highest BCUT2D eigenvalue weighted by Crippen LogP contribution is 2.27. The minimum atomic E-state index is -4.23. The van der Waals surface area contributed by atoms with Crippen LogP contribution >= 0.6 is 11.7 Å². The molecule has 0 saturated carbocycles. The van der Waals surface area contributed by atoms with Gasteiger partial charge in [0.05, 0.1) is 21.5 Å². The van der Waals surface area contributed by atoms with Crippen molar-refractivity contribution in [3.05, 3.63) is 108 Å². The first-order valence-electron chi connectivity index (χ1n) is 12.8. The average molecular weight is 623 g/mol. The molecule has 0 radical (unpaired) electrons. The van der Waals surface area contributed by atoms with Crippen molar-refractivity contribution in [1.82, 2.24) is 13.5 Å².